The highest BCUT2D eigenvalue weighted by Crippen LogP contribution is 2.23. The number of carbonyl (C=O) groups is 1. The van der Waals surface area contributed by atoms with Crippen molar-refractivity contribution in [1.29, 1.82) is 0 Å². The van der Waals surface area contributed by atoms with Crippen molar-refractivity contribution in [1.82, 2.24) is 0 Å². The first-order valence-corrected chi connectivity index (χ1v) is 6.05. The van der Waals surface area contributed by atoms with Crippen molar-refractivity contribution < 1.29 is 9.18 Å². The maximum Gasteiger partial charge on any atom is 0.170 e. The molecule has 2 rings (SSSR count). The molecule has 2 aromatic carbocycles. The third kappa shape index (κ3) is 2.89. The van der Waals surface area contributed by atoms with E-state index in [4.69, 9.17) is 23.2 Å². The van der Waals surface area contributed by atoms with Crippen molar-refractivity contribution in [3.8, 4) is 0 Å². The molecule has 1 nitrogen and oxygen atoms in total. The van der Waals surface area contributed by atoms with Crippen LogP contribution in [0.3, 0.4) is 0 Å². The van der Waals surface area contributed by atoms with Crippen LogP contribution in [0, 0.1) is 5.82 Å². The molecular formula is C14H9Cl2FO. The van der Waals surface area contributed by atoms with Gasteiger partial charge in [-0.2, -0.15) is 0 Å². The molecule has 0 aliphatic heterocycles. The van der Waals surface area contributed by atoms with E-state index in [2.05, 4.69) is 0 Å². The Morgan fingerprint density at radius 2 is 1.78 bits per heavy atom. The van der Waals surface area contributed by atoms with Crippen LogP contribution in [-0.2, 0) is 6.42 Å². The molecule has 0 heterocycles. The van der Waals surface area contributed by atoms with E-state index in [9.17, 15) is 9.18 Å². The molecule has 0 saturated heterocycles. The molecule has 2 aromatic rings. The average molecular weight is 283 g/mol. The van der Waals surface area contributed by atoms with E-state index in [0.29, 0.717) is 15.6 Å². The second kappa shape index (κ2) is 5.51. The van der Waals surface area contributed by atoms with Crippen LogP contribution in [0.5, 0.6) is 0 Å². The number of benzene rings is 2. The fourth-order valence-electron chi connectivity index (χ4n) is 1.62. The zero-order valence-electron chi connectivity index (χ0n) is 9.29. The summed E-state index contributed by atoms with van der Waals surface area (Å²) in [5.74, 6) is -0.797. The van der Waals surface area contributed by atoms with Gasteiger partial charge >= 0.3 is 0 Å². The van der Waals surface area contributed by atoms with Gasteiger partial charge in [0.1, 0.15) is 5.82 Å². The lowest BCUT2D eigenvalue weighted by Gasteiger charge is -2.04. The molecule has 0 radical (unpaired) electrons. The highest BCUT2D eigenvalue weighted by molar-refractivity contribution is 6.42. The van der Waals surface area contributed by atoms with Crippen molar-refractivity contribution in [3.63, 3.8) is 0 Å². The molecule has 0 bridgehead atoms. The normalized spacial score (nSPS) is 10.4. The standard InChI is InChI=1S/C14H9Cl2FO/c15-11-6-5-9(7-12(11)16)8-14(18)10-3-1-2-4-13(10)17/h1-7H,8H2. The summed E-state index contributed by atoms with van der Waals surface area (Å²) in [5.41, 5.74) is 0.793. The van der Waals surface area contributed by atoms with Gasteiger partial charge in [-0.3, -0.25) is 4.79 Å². The predicted octanol–water partition coefficient (Wildman–Crippen LogP) is 4.56. The first kappa shape index (κ1) is 13.1. The summed E-state index contributed by atoms with van der Waals surface area (Å²) in [5, 5.41) is 0.814. The van der Waals surface area contributed by atoms with Crippen LogP contribution in [0.4, 0.5) is 4.39 Å². The molecule has 0 saturated carbocycles. The molecule has 92 valence electrons. The first-order chi connectivity index (χ1) is 8.58. The minimum Gasteiger partial charge on any atom is -0.294 e. The molecule has 0 unspecified atom stereocenters. The number of halogens is 3. The Labute approximate surface area is 114 Å². The maximum absolute atomic E-state index is 13.4. The maximum atomic E-state index is 13.4. The molecular weight excluding hydrogens is 274 g/mol. The van der Waals surface area contributed by atoms with Gasteiger partial charge in [-0.15, -0.1) is 0 Å². The summed E-state index contributed by atoms with van der Waals surface area (Å²) in [7, 11) is 0. The lowest BCUT2D eigenvalue weighted by atomic mass is 10.0. The number of Topliss-reactive ketones (excluding diaryl/α,β-unsaturated/α-hetero) is 1. The van der Waals surface area contributed by atoms with Gasteiger partial charge in [-0.25, -0.2) is 4.39 Å². The van der Waals surface area contributed by atoms with Gasteiger partial charge < -0.3 is 0 Å². The number of rotatable bonds is 3. The third-order valence-corrected chi connectivity index (χ3v) is 3.26. The minimum absolute atomic E-state index is 0.0866. The fourth-order valence-corrected chi connectivity index (χ4v) is 1.94. The van der Waals surface area contributed by atoms with Crippen LogP contribution >= 0.6 is 23.2 Å². The largest absolute Gasteiger partial charge is 0.294 e. The Kier molecular flexibility index (Phi) is 4.00. The van der Waals surface area contributed by atoms with Crippen LogP contribution in [0.25, 0.3) is 0 Å². The topological polar surface area (TPSA) is 17.1 Å². The van der Waals surface area contributed by atoms with Crippen molar-refractivity contribution in [3.05, 3.63) is 69.5 Å². The van der Waals surface area contributed by atoms with E-state index in [1.807, 2.05) is 0 Å². The van der Waals surface area contributed by atoms with Crippen LogP contribution in [-0.4, -0.2) is 5.78 Å². The Hall–Kier alpha value is -1.38. The summed E-state index contributed by atoms with van der Waals surface area (Å²) in [6.45, 7) is 0. The van der Waals surface area contributed by atoms with Crippen molar-refractivity contribution in [2.45, 2.75) is 6.42 Å². The lowest BCUT2D eigenvalue weighted by Crippen LogP contribution is -2.05. The van der Waals surface area contributed by atoms with E-state index in [1.54, 1.807) is 30.3 Å². The first-order valence-electron chi connectivity index (χ1n) is 5.29. The summed E-state index contributed by atoms with van der Waals surface area (Å²) in [4.78, 5) is 11.9. The Balaban J connectivity index is 2.22. The van der Waals surface area contributed by atoms with Gasteiger partial charge in [-0.1, -0.05) is 41.4 Å². The summed E-state index contributed by atoms with van der Waals surface area (Å²) >= 11 is 11.6. The van der Waals surface area contributed by atoms with Crippen LogP contribution in [0.2, 0.25) is 10.0 Å². The number of hydrogen-bond donors (Lipinski definition) is 0. The molecule has 0 N–H and O–H groups in total. The van der Waals surface area contributed by atoms with E-state index < -0.39 is 5.82 Å². The molecule has 0 aliphatic rings. The molecule has 4 heteroatoms. The van der Waals surface area contributed by atoms with Crippen molar-refractivity contribution in [2.75, 3.05) is 0 Å². The van der Waals surface area contributed by atoms with Gasteiger partial charge in [0.15, 0.2) is 5.78 Å². The Morgan fingerprint density at radius 1 is 1.06 bits per heavy atom. The Bertz CT molecular complexity index is 596. The number of hydrogen-bond acceptors (Lipinski definition) is 1. The fraction of sp³-hybridized carbons (Fsp3) is 0.0714. The van der Waals surface area contributed by atoms with Crippen LogP contribution < -0.4 is 0 Å². The smallest absolute Gasteiger partial charge is 0.170 e. The molecule has 18 heavy (non-hydrogen) atoms. The predicted molar refractivity (Wildman–Crippen MR) is 70.9 cm³/mol. The molecule has 0 aliphatic carbocycles. The van der Waals surface area contributed by atoms with E-state index >= 15 is 0 Å². The molecule has 0 spiro atoms. The number of carbonyl (C=O) groups excluding carboxylic acids is 1. The van der Waals surface area contributed by atoms with Gasteiger partial charge in [0, 0.05) is 6.42 Å². The van der Waals surface area contributed by atoms with Crippen molar-refractivity contribution in [2.24, 2.45) is 0 Å². The van der Waals surface area contributed by atoms with Gasteiger partial charge in [0.25, 0.3) is 0 Å². The van der Waals surface area contributed by atoms with E-state index in [0.717, 1.165) is 0 Å². The third-order valence-electron chi connectivity index (χ3n) is 2.52. The van der Waals surface area contributed by atoms with Crippen LogP contribution in [0.15, 0.2) is 42.5 Å². The highest BCUT2D eigenvalue weighted by atomic mass is 35.5. The zero-order valence-corrected chi connectivity index (χ0v) is 10.8. The summed E-state index contributed by atoms with van der Waals surface area (Å²) in [6, 6.07) is 10.8. The molecule has 0 atom stereocenters. The number of ketones is 1. The Morgan fingerprint density at radius 3 is 2.44 bits per heavy atom. The quantitative estimate of drug-likeness (QED) is 0.755. The molecule has 0 amide bonds. The SMILES string of the molecule is O=C(Cc1ccc(Cl)c(Cl)c1)c1ccccc1F. The second-order valence-corrected chi connectivity index (χ2v) is 4.64. The van der Waals surface area contributed by atoms with Gasteiger partial charge in [0.05, 0.1) is 15.6 Å². The van der Waals surface area contributed by atoms with E-state index in [1.165, 1.54) is 12.1 Å². The summed E-state index contributed by atoms with van der Waals surface area (Å²) < 4.78 is 13.4. The second-order valence-electron chi connectivity index (χ2n) is 3.83. The molecule has 0 fully saturated rings. The highest BCUT2D eigenvalue weighted by Gasteiger charge is 2.12. The minimum atomic E-state index is -0.512. The zero-order chi connectivity index (χ0) is 13.1. The van der Waals surface area contributed by atoms with E-state index in [-0.39, 0.29) is 17.8 Å². The summed E-state index contributed by atoms with van der Waals surface area (Å²) in [6.07, 6.45) is 0.0951. The van der Waals surface area contributed by atoms with Crippen molar-refractivity contribution >= 4 is 29.0 Å². The lowest BCUT2D eigenvalue weighted by molar-refractivity contribution is 0.0989. The monoisotopic (exact) mass is 282 g/mol. The average Bonchev–Trinajstić information content (AvgIpc) is 2.34. The van der Waals surface area contributed by atoms with Crippen LogP contribution in [0.1, 0.15) is 15.9 Å². The molecule has 0 aromatic heterocycles. The van der Waals surface area contributed by atoms with Gasteiger partial charge in [0.2, 0.25) is 0 Å². The van der Waals surface area contributed by atoms with Gasteiger partial charge in [-0.05, 0) is 29.8 Å².